The molecule has 4 rings (SSSR count). The molecule has 2 heterocycles. The van der Waals surface area contributed by atoms with Gasteiger partial charge in [0.2, 0.25) is 5.88 Å². The summed E-state index contributed by atoms with van der Waals surface area (Å²) in [5.41, 5.74) is -1.32. The van der Waals surface area contributed by atoms with Crippen LogP contribution >= 0.6 is 0 Å². The van der Waals surface area contributed by atoms with Gasteiger partial charge in [-0.2, -0.15) is 23.4 Å². The number of pyridine rings is 1. The van der Waals surface area contributed by atoms with Crippen molar-refractivity contribution in [3.63, 3.8) is 0 Å². The van der Waals surface area contributed by atoms with E-state index in [1.807, 2.05) is 0 Å². The van der Waals surface area contributed by atoms with Gasteiger partial charge in [0.05, 0.1) is 36.3 Å². The van der Waals surface area contributed by atoms with Crippen LogP contribution in [0.25, 0.3) is 10.9 Å². The summed E-state index contributed by atoms with van der Waals surface area (Å²) < 4.78 is 74.5. The van der Waals surface area contributed by atoms with Crippen molar-refractivity contribution in [2.75, 3.05) is 0 Å². The van der Waals surface area contributed by atoms with Gasteiger partial charge in [-0.05, 0) is 35.9 Å². The van der Waals surface area contributed by atoms with Crippen LogP contribution in [-0.4, -0.2) is 14.5 Å². The maximum atomic E-state index is 14.1. The van der Waals surface area contributed by atoms with Gasteiger partial charge in [0.15, 0.2) is 0 Å². The molecule has 2 aromatic carbocycles. The Labute approximate surface area is 188 Å². The first kappa shape index (κ1) is 22.8. The highest BCUT2D eigenvalue weighted by Crippen LogP contribution is 2.37. The van der Waals surface area contributed by atoms with Crippen LogP contribution in [0.2, 0.25) is 0 Å². The Morgan fingerprint density at radius 2 is 1.85 bits per heavy atom. The van der Waals surface area contributed by atoms with E-state index in [0.29, 0.717) is 5.52 Å². The van der Waals surface area contributed by atoms with Gasteiger partial charge in [-0.3, -0.25) is 4.79 Å². The molecule has 0 atom stereocenters. The van der Waals surface area contributed by atoms with Gasteiger partial charge in [0.25, 0.3) is 5.56 Å². The Hall–Kier alpha value is -4.33. The average Bonchev–Trinajstić information content (AvgIpc) is 2.78. The summed E-state index contributed by atoms with van der Waals surface area (Å²) in [7, 11) is 0. The second-order valence-electron chi connectivity index (χ2n) is 7.22. The number of ether oxygens (including phenoxy) is 1. The Morgan fingerprint density at radius 3 is 2.56 bits per heavy atom. The summed E-state index contributed by atoms with van der Waals surface area (Å²) in [6.45, 7) is -0.0732. The predicted octanol–water partition coefficient (Wildman–Crippen LogP) is 5.00. The smallest absolute Gasteiger partial charge is 0.421 e. The fraction of sp³-hybridized carbons (Fsp3) is 0.130. The van der Waals surface area contributed by atoms with Crippen LogP contribution in [0.4, 0.5) is 22.0 Å². The molecule has 0 fully saturated rings. The van der Waals surface area contributed by atoms with Crippen molar-refractivity contribution in [2.24, 2.45) is 0 Å². The normalized spacial score (nSPS) is 11.4. The maximum absolute atomic E-state index is 14.1. The third-order valence-electron chi connectivity index (χ3n) is 4.89. The number of hydrogen-bond donors (Lipinski definition) is 0. The number of hydrogen-bond acceptors (Lipinski definition) is 5. The van der Waals surface area contributed by atoms with E-state index in [4.69, 9.17) is 10.00 Å². The van der Waals surface area contributed by atoms with E-state index in [9.17, 15) is 26.7 Å². The van der Waals surface area contributed by atoms with E-state index in [0.717, 1.165) is 24.4 Å². The Kier molecular flexibility index (Phi) is 5.98. The minimum absolute atomic E-state index is 0.0113. The number of halogens is 5. The molecule has 0 N–H and O–H groups in total. The highest BCUT2D eigenvalue weighted by Gasteiger charge is 2.36. The predicted molar refractivity (Wildman–Crippen MR) is 110 cm³/mol. The van der Waals surface area contributed by atoms with Crippen molar-refractivity contribution >= 4 is 10.9 Å². The Morgan fingerprint density at radius 1 is 1.06 bits per heavy atom. The second-order valence-corrected chi connectivity index (χ2v) is 7.22. The maximum Gasteiger partial charge on any atom is 0.421 e. The zero-order valence-electron chi connectivity index (χ0n) is 17.1. The van der Waals surface area contributed by atoms with Crippen molar-refractivity contribution in [2.45, 2.75) is 19.1 Å². The van der Waals surface area contributed by atoms with Crippen LogP contribution in [-0.2, 0) is 19.1 Å². The van der Waals surface area contributed by atoms with Crippen LogP contribution in [0.5, 0.6) is 11.6 Å². The lowest BCUT2D eigenvalue weighted by atomic mass is 10.1. The molecule has 0 aliphatic heterocycles. The molecule has 0 saturated carbocycles. The van der Waals surface area contributed by atoms with E-state index in [-0.39, 0.29) is 35.2 Å². The first-order chi connectivity index (χ1) is 16.2. The molecule has 4 aromatic rings. The zero-order chi connectivity index (χ0) is 24.5. The van der Waals surface area contributed by atoms with Gasteiger partial charge in [0, 0.05) is 17.8 Å². The molecule has 0 amide bonds. The monoisotopic (exact) mass is 472 g/mol. The summed E-state index contributed by atoms with van der Waals surface area (Å²) in [5, 5.41) is 8.73. The van der Waals surface area contributed by atoms with Gasteiger partial charge in [-0.25, -0.2) is 13.8 Å². The van der Waals surface area contributed by atoms with Crippen LogP contribution in [0.1, 0.15) is 16.7 Å². The standard InChI is InChI=1S/C23H13F5N4O2/c24-15-2-1-14(19(25)8-15)11-32-12-31-21(33)17-9-16(3-4-20(17)32)34-22-18(23(26,27)28)7-13(5-6-29)10-30-22/h1-4,7-10,12H,5,11H2. The number of nitrogens with zero attached hydrogens (tertiary/aromatic N) is 4. The van der Waals surface area contributed by atoms with E-state index in [2.05, 4.69) is 9.97 Å². The Balaban J connectivity index is 1.72. The van der Waals surface area contributed by atoms with Crippen molar-refractivity contribution in [1.82, 2.24) is 14.5 Å². The van der Waals surface area contributed by atoms with Gasteiger partial charge in [-0.15, -0.1) is 0 Å². The van der Waals surface area contributed by atoms with Crippen molar-refractivity contribution < 1.29 is 26.7 Å². The van der Waals surface area contributed by atoms with E-state index >= 15 is 0 Å². The molecule has 0 bridgehead atoms. The molecule has 6 nitrogen and oxygen atoms in total. The Bertz CT molecular complexity index is 1490. The van der Waals surface area contributed by atoms with Crippen molar-refractivity contribution in [3.05, 3.63) is 93.7 Å². The third-order valence-corrected chi connectivity index (χ3v) is 4.89. The molecule has 172 valence electrons. The van der Waals surface area contributed by atoms with Crippen LogP contribution in [0, 0.1) is 23.0 Å². The highest BCUT2D eigenvalue weighted by atomic mass is 19.4. The largest absolute Gasteiger partial charge is 0.438 e. The molecular formula is C23H13F5N4O2. The third kappa shape index (κ3) is 4.71. The lowest BCUT2D eigenvalue weighted by Crippen LogP contribution is -2.14. The fourth-order valence-corrected chi connectivity index (χ4v) is 3.29. The lowest BCUT2D eigenvalue weighted by Gasteiger charge is -2.15. The molecule has 0 saturated heterocycles. The molecule has 0 unspecified atom stereocenters. The second kappa shape index (κ2) is 8.90. The van der Waals surface area contributed by atoms with Gasteiger partial charge >= 0.3 is 6.18 Å². The molecule has 0 spiro atoms. The average molecular weight is 472 g/mol. The molecular weight excluding hydrogens is 459 g/mol. The molecule has 0 aliphatic carbocycles. The van der Waals surface area contributed by atoms with E-state index < -0.39 is 34.8 Å². The molecule has 2 aromatic heterocycles. The fourth-order valence-electron chi connectivity index (χ4n) is 3.29. The zero-order valence-corrected chi connectivity index (χ0v) is 17.1. The van der Waals surface area contributed by atoms with Gasteiger partial charge < -0.3 is 9.30 Å². The van der Waals surface area contributed by atoms with Crippen molar-refractivity contribution in [3.8, 4) is 17.7 Å². The molecule has 0 aliphatic rings. The summed E-state index contributed by atoms with van der Waals surface area (Å²) in [6.07, 6.45) is -2.77. The van der Waals surface area contributed by atoms with Crippen molar-refractivity contribution in [1.29, 1.82) is 5.26 Å². The molecule has 34 heavy (non-hydrogen) atoms. The molecule has 0 radical (unpaired) electrons. The van der Waals surface area contributed by atoms with E-state index in [1.165, 1.54) is 35.2 Å². The summed E-state index contributed by atoms with van der Waals surface area (Å²) >= 11 is 0. The van der Waals surface area contributed by atoms with Crippen LogP contribution in [0.3, 0.4) is 0 Å². The van der Waals surface area contributed by atoms with Crippen LogP contribution in [0.15, 0.2) is 59.8 Å². The minimum atomic E-state index is -4.79. The summed E-state index contributed by atoms with van der Waals surface area (Å²) in [4.78, 5) is 19.7. The highest BCUT2D eigenvalue weighted by molar-refractivity contribution is 5.79. The number of nitriles is 1. The van der Waals surface area contributed by atoms with Gasteiger partial charge in [0.1, 0.15) is 22.9 Å². The molecule has 11 heteroatoms. The van der Waals surface area contributed by atoms with Gasteiger partial charge in [-0.1, -0.05) is 6.07 Å². The topological polar surface area (TPSA) is 80.8 Å². The summed E-state index contributed by atoms with van der Waals surface area (Å²) in [6, 6.07) is 9.54. The minimum Gasteiger partial charge on any atom is -0.438 e. The first-order valence-corrected chi connectivity index (χ1v) is 9.70. The number of aromatic nitrogens is 3. The SMILES string of the molecule is N#CCc1cnc(Oc2ccc3c(c2)c(=O)ncn3Cc2ccc(F)cc2F)c(C(F)(F)F)c1. The quantitative estimate of drug-likeness (QED) is 0.382. The van der Waals surface area contributed by atoms with E-state index in [1.54, 1.807) is 6.07 Å². The summed E-state index contributed by atoms with van der Waals surface area (Å²) in [5.74, 6) is -2.37. The lowest BCUT2D eigenvalue weighted by molar-refractivity contribution is -0.138. The number of rotatable bonds is 5. The number of benzene rings is 2. The first-order valence-electron chi connectivity index (χ1n) is 9.70. The van der Waals surface area contributed by atoms with Crippen LogP contribution < -0.4 is 10.3 Å². The number of fused-ring (bicyclic) bond motifs is 1. The number of alkyl halides is 3.